The van der Waals surface area contributed by atoms with Gasteiger partial charge in [-0.2, -0.15) is 0 Å². The average molecular weight is 275 g/mol. The summed E-state index contributed by atoms with van der Waals surface area (Å²) < 4.78 is 24.9. The van der Waals surface area contributed by atoms with E-state index in [1.165, 1.54) is 6.07 Å². The van der Waals surface area contributed by atoms with Gasteiger partial charge in [0.15, 0.2) is 11.6 Å². The van der Waals surface area contributed by atoms with Crippen molar-refractivity contribution < 1.29 is 13.9 Å². The molecule has 0 aromatic heterocycles. The second-order valence-electron chi connectivity index (χ2n) is 4.45. The van der Waals surface area contributed by atoms with Crippen LogP contribution in [0.4, 0.5) is 4.39 Å². The third-order valence-electron chi connectivity index (χ3n) is 2.84. The molecule has 0 spiro atoms. The molecule has 0 fully saturated rings. The zero-order valence-corrected chi connectivity index (χ0v) is 11.6. The van der Waals surface area contributed by atoms with Crippen molar-refractivity contribution in [2.75, 3.05) is 6.61 Å². The van der Waals surface area contributed by atoms with Gasteiger partial charge < -0.3 is 15.2 Å². The molecule has 1 unspecified atom stereocenters. The van der Waals surface area contributed by atoms with E-state index < -0.39 is 5.82 Å². The highest BCUT2D eigenvalue weighted by molar-refractivity contribution is 5.41. The lowest BCUT2D eigenvalue weighted by Crippen LogP contribution is -2.07. The third-order valence-corrected chi connectivity index (χ3v) is 2.84. The van der Waals surface area contributed by atoms with Crippen molar-refractivity contribution in [2.45, 2.75) is 19.9 Å². The van der Waals surface area contributed by atoms with Crippen molar-refractivity contribution in [2.24, 2.45) is 5.73 Å². The first-order chi connectivity index (χ1) is 9.61. The van der Waals surface area contributed by atoms with E-state index in [-0.39, 0.29) is 11.8 Å². The SMILES string of the molecule is CCOc1ccc(Oc2c(F)cccc2C(C)N)cc1. The fraction of sp³-hybridized carbons (Fsp3) is 0.250. The first-order valence-electron chi connectivity index (χ1n) is 6.56. The fourth-order valence-corrected chi connectivity index (χ4v) is 1.88. The molecule has 0 heterocycles. The number of hydrogen-bond acceptors (Lipinski definition) is 3. The van der Waals surface area contributed by atoms with E-state index in [0.717, 1.165) is 5.75 Å². The quantitative estimate of drug-likeness (QED) is 0.895. The van der Waals surface area contributed by atoms with Gasteiger partial charge in [0.05, 0.1) is 6.61 Å². The van der Waals surface area contributed by atoms with E-state index in [4.69, 9.17) is 15.2 Å². The van der Waals surface area contributed by atoms with Crippen molar-refractivity contribution in [3.05, 3.63) is 53.8 Å². The topological polar surface area (TPSA) is 44.5 Å². The first-order valence-corrected chi connectivity index (χ1v) is 6.56. The molecule has 1 atom stereocenters. The molecule has 2 aromatic rings. The van der Waals surface area contributed by atoms with E-state index in [1.54, 1.807) is 43.3 Å². The van der Waals surface area contributed by atoms with Crippen LogP contribution >= 0.6 is 0 Å². The molecule has 0 bridgehead atoms. The van der Waals surface area contributed by atoms with Crippen LogP contribution in [0.5, 0.6) is 17.2 Å². The van der Waals surface area contributed by atoms with Crippen LogP contribution < -0.4 is 15.2 Å². The minimum atomic E-state index is -0.423. The first kappa shape index (κ1) is 14.3. The normalized spacial score (nSPS) is 12.0. The lowest BCUT2D eigenvalue weighted by molar-refractivity contribution is 0.339. The molecule has 0 saturated carbocycles. The van der Waals surface area contributed by atoms with Gasteiger partial charge in [-0.1, -0.05) is 12.1 Å². The van der Waals surface area contributed by atoms with Crippen LogP contribution in [0.25, 0.3) is 0 Å². The zero-order chi connectivity index (χ0) is 14.5. The Morgan fingerprint density at radius 3 is 2.35 bits per heavy atom. The minimum Gasteiger partial charge on any atom is -0.494 e. The minimum absolute atomic E-state index is 0.173. The van der Waals surface area contributed by atoms with Crippen LogP contribution in [0.15, 0.2) is 42.5 Å². The predicted octanol–water partition coefficient (Wildman–Crippen LogP) is 4.04. The lowest BCUT2D eigenvalue weighted by atomic mass is 10.1. The van der Waals surface area contributed by atoms with Crippen molar-refractivity contribution in [1.82, 2.24) is 0 Å². The molecule has 0 saturated heterocycles. The van der Waals surface area contributed by atoms with E-state index in [0.29, 0.717) is 17.9 Å². The van der Waals surface area contributed by atoms with Crippen LogP contribution in [0.1, 0.15) is 25.5 Å². The van der Waals surface area contributed by atoms with Crippen LogP contribution in [-0.4, -0.2) is 6.61 Å². The number of benzene rings is 2. The number of rotatable bonds is 5. The molecular formula is C16H18FNO2. The van der Waals surface area contributed by atoms with Crippen molar-refractivity contribution >= 4 is 0 Å². The molecule has 0 aliphatic carbocycles. The lowest BCUT2D eigenvalue weighted by Gasteiger charge is -2.14. The standard InChI is InChI=1S/C16H18FNO2/c1-3-19-12-7-9-13(10-8-12)20-16-14(11(2)18)5-4-6-15(16)17/h4-11H,3,18H2,1-2H3. The Bertz CT molecular complexity index is 567. The fourth-order valence-electron chi connectivity index (χ4n) is 1.88. The maximum atomic E-state index is 13.9. The Kier molecular flexibility index (Phi) is 4.58. The highest BCUT2D eigenvalue weighted by Crippen LogP contribution is 2.32. The monoisotopic (exact) mass is 275 g/mol. The summed E-state index contributed by atoms with van der Waals surface area (Å²) in [5.41, 5.74) is 6.47. The largest absolute Gasteiger partial charge is 0.494 e. The Morgan fingerprint density at radius 2 is 1.75 bits per heavy atom. The van der Waals surface area contributed by atoms with E-state index in [9.17, 15) is 4.39 Å². The molecule has 20 heavy (non-hydrogen) atoms. The van der Waals surface area contributed by atoms with Gasteiger partial charge in [-0.05, 0) is 44.2 Å². The summed E-state index contributed by atoms with van der Waals surface area (Å²) in [5, 5.41) is 0. The summed E-state index contributed by atoms with van der Waals surface area (Å²) >= 11 is 0. The smallest absolute Gasteiger partial charge is 0.167 e. The molecular weight excluding hydrogens is 257 g/mol. The third kappa shape index (κ3) is 3.27. The van der Waals surface area contributed by atoms with Crippen LogP contribution in [0.2, 0.25) is 0 Å². The second-order valence-corrected chi connectivity index (χ2v) is 4.45. The van der Waals surface area contributed by atoms with E-state index >= 15 is 0 Å². The van der Waals surface area contributed by atoms with Gasteiger partial charge in [0, 0.05) is 11.6 Å². The Hall–Kier alpha value is -2.07. The van der Waals surface area contributed by atoms with Crippen LogP contribution in [0.3, 0.4) is 0 Å². The summed E-state index contributed by atoms with van der Waals surface area (Å²) in [4.78, 5) is 0. The Morgan fingerprint density at radius 1 is 1.10 bits per heavy atom. The molecule has 106 valence electrons. The van der Waals surface area contributed by atoms with E-state index in [2.05, 4.69) is 0 Å². The van der Waals surface area contributed by atoms with Gasteiger partial charge in [-0.3, -0.25) is 0 Å². The molecule has 2 rings (SSSR count). The maximum Gasteiger partial charge on any atom is 0.167 e. The Labute approximate surface area is 118 Å². The summed E-state index contributed by atoms with van der Waals surface area (Å²) in [5.74, 6) is 1.04. The Balaban J connectivity index is 2.25. The van der Waals surface area contributed by atoms with Crippen molar-refractivity contribution in [1.29, 1.82) is 0 Å². The highest BCUT2D eigenvalue weighted by Gasteiger charge is 2.13. The molecule has 0 aliphatic heterocycles. The summed E-state index contributed by atoms with van der Waals surface area (Å²) in [6.07, 6.45) is 0. The number of hydrogen-bond donors (Lipinski definition) is 1. The van der Waals surface area contributed by atoms with E-state index in [1.807, 2.05) is 6.92 Å². The van der Waals surface area contributed by atoms with Gasteiger partial charge in [-0.15, -0.1) is 0 Å². The maximum absolute atomic E-state index is 13.9. The van der Waals surface area contributed by atoms with Gasteiger partial charge in [0.25, 0.3) is 0 Å². The summed E-state index contributed by atoms with van der Waals surface area (Å²) in [6.45, 7) is 4.31. The van der Waals surface area contributed by atoms with Crippen LogP contribution in [0, 0.1) is 5.82 Å². The van der Waals surface area contributed by atoms with Gasteiger partial charge in [0.1, 0.15) is 11.5 Å². The molecule has 2 N–H and O–H groups in total. The van der Waals surface area contributed by atoms with Crippen LogP contribution in [-0.2, 0) is 0 Å². The zero-order valence-electron chi connectivity index (χ0n) is 11.6. The molecule has 0 radical (unpaired) electrons. The summed E-state index contributed by atoms with van der Waals surface area (Å²) in [7, 11) is 0. The highest BCUT2D eigenvalue weighted by atomic mass is 19.1. The molecule has 4 heteroatoms. The molecule has 0 aliphatic rings. The second kappa shape index (κ2) is 6.39. The number of halogens is 1. The van der Waals surface area contributed by atoms with Gasteiger partial charge >= 0.3 is 0 Å². The number of para-hydroxylation sites is 1. The predicted molar refractivity (Wildman–Crippen MR) is 76.7 cm³/mol. The van der Waals surface area contributed by atoms with Gasteiger partial charge in [0.2, 0.25) is 0 Å². The average Bonchev–Trinajstić information content (AvgIpc) is 2.43. The van der Waals surface area contributed by atoms with Crippen molar-refractivity contribution in [3.8, 4) is 17.2 Å². The summed E-state index contributed by atoms with van der Waals surface area (Å²) in [6, 6.07) is 11.5. The molecule has 3 nitrogen and oxygen atoms in total. The number of nitrogens with two attached hydrogens (primary N) is 1. The molecule has 2 aromatic carbocycles. The van der Waals surface area contributed by atoms with Gasteiger partial charge in [-0.25, -0.2) is 4.39 Å². The van der Waals surface area contributed by atoms with Crippen molar-refractivity contribution in [3.63, 3.8) is 0 Å². The molecule has 0 amide bonds. The number of ether oxygens (including phenoxy) is 2.